The smallest absolute Gasteiger partial charge is 0.406 e. The molecule has 0 saturated carbocycles. The topological polar surface area (TPSA) is 89.9 Å². The van der Waals surface area contributed by atoms with Crippen molar-refractivity contribution < 1.29 is 45.4 Å². The van der Waals surface area contributed by atoms with Crippen LogP contribution in [0.15, 0.2) is 0 Å². The van der Waals surface area contributed by atoms with Crippen molar-refractivity contribution in [3.05, 3.63) is 0 Å². The van der Waals surface area contributed by atoms with Gasteiger partial charge in [0.1, 0.15) is 0 Å². The quantitative estimate of drug-likeness (QED) is 0.328. The lowest BCUT2D eigenvalue weighted by Gasteiger charge is -2.23. The van der Waals surface area contributed by atoms with E-state index in [0.717, 1.165) is 0 Å². The van der Waals surface area contributed by atoms with E-state index in [9.17, 15) is 31.4 Å². The van der Waals surface area contributed by atoms with E-state index in [2.05, 4.69) is 9.47 Å². The molecule has 0 bridgehead atoms. The molecule has 1 rings (SSSR count). The molecule has 0 spiro atoms. The Morgan fingerprint density at radius 2 is 2.05 bits per heavy atom. The number of ether oxygens (including phenoxy) is 2. The summed E-state index contributed by atoms with van der Waals surface area (Å²) in [4.78, 5) is 22.0. The molecular weight excluding hydrogens is 324 g/mol. The number of halogens is 4. The largest absolute Gasteiger partial charge is 0.463 e. The van der Waals surface area contributed by atoms with E-state index in [4.69, 9.17) is 4.55 Å². The fourth-order valence-electron chi connectivity index (χ4n) is 1.52. The van der Waals surface area contributed by atoms with Gasteiger partial charge in [-0.15, -0.1) is 0 Å². The molecule has 1 heterocycles. The lowest BCUT2D eigenvalue weighted by atomic mass is 10.2. The van der Waals surface area contributed by atoms with Gasteiger partial charge in [-0.2, -0.15) is 17.6 Å². The van der Waals surface area contributed by atoms with Gasteiger partial charge in [-0.3, -0.25) is 4.79 Å². The fraction of sp³-hybridized carbons (Fsp3) is 0.800. The first-order valence-electron chi connectivity index (χ1n) is 5.80. The predicted octanol–water partition coefficient (Wildman–Crippen LogP) is 1.47. The summed E-state index contributed by atoms with van der Waals surface area (Å²) in [6.07, 6.45) is -3.05. The van der Waals surface area contributed by atoms with Crippen LogP contribution in [0.2, 0.25) is 0 Å². The molecule has 1 saturated heterocycles. The molecule has 11 heteroatoms. The highest BCUT2D eigenvalue weighted by Crippen LogP contribution is 2.39. The predicted molar refractivity (Wildman–Crippen MR) is 60.0 cm³/mol. The van der Waals surface area contributed by atoms with E-state index >= 15 is 0 Å². The van der Waals surface area contributed by atoms with Crippen LogP contribution in [0.1, 0.15) is 25.7 Å². The van der Waals surface area contributed by atoms with Gasteiger partial charge in [-0.1, -0.05) is 0 Å². The minimum Gasteiger partial charge on any atom is -0.463 e. The van der Waals surface area contributed by atoms with Crippen molar-refractivity contribution in [3.8, 4) is 0 Å². The van der Waals surface area contributed by atoms with E-state index in [1.807, 2.05) is 0 Å². The molecule has 21 heavy (non-hydrogen) atoms. The van der Waals surface area contributed by atoms with Gasteiger partial charge in [0.05, 0.1) is 6.61 Å². The highest BCUT2D eigenvalue weighted by Gasteiger charge is 2.60. The summed E-state index contributed by atoms with van der Waals surface area (Å²) in [5.41, 5.74) is 0. The molecule has 0 amide bonds. The molecule has 122 valence electrons. The summed E-state index contributed by atoms with van der Waals surface area (Å²) in [7, 11) is 0. The zero-order valence-corrected chi connectivity index (χ0v) is 11.3. The van der Waals surface area contributed by atoms with Crippen molar-refractivity contribution in [1.82, 2.24) is 0 Å². The zero-order chi connectivity index (χ0) is 16.3. The van der Waals surface area contributed by atoms with E-state index in [1.165, 1.54) is 0 Å². The number of hydrogen-bond acceptors (Lipinski definition) is 5. The number of esters is 2. The van der Waals surface area contributed by atoms with Crippen LogP contribution >= 0.6 is 0 Å². The lowest BCUT2D eigenvalue weighted by molar-refractivity contribution is -0.168. The Morgan fingerprint density at radius 1 is 1.43 bits per heavy atom. The summed E-state index contributed by atoms with van der Waals surface area (Å²) in [5, 5.41) is -5.09. The number of carbonyl (C=O) groups excluding carboxylic acids is 2. The first kappa shape index (κ1) is 17.8. The van der Waals surface area contributed by atoms with Gasteiger partial charge in [0, 0.05) is 19.3 Å². The molecule has 1 N–H and O–H groups in total. The first-order chi connectivity index (χ1) is 9.58. The number of cyclic esters (lactones) is 1. The average Bonchev–Trinajstić information content (AvgIpc) is 2.80. The van der Waals surface area contributed by atoms with Gasteiger partial charge >= 0.3 is 23.1 Å². The van der Waals surface area contributed by atoms with Crippen molar-refractivity contribution >= 4 is 23.0 Å². The van der Waals surface area contributed by atoms with Crippen LogP contribution in [0.3, 0.4) is 0 Å². The number of hydrogen-bond donors (Lipinski definition) is 1. The Balaban J connectivity index is 2.35. The molecule has 1 fully saturated rings. The lowest BCUT2D eigenvalue weighted by Crippen LogP contribution is -2.44. The Hall–Kier alpha value is -1.23. The minimum absolute atomic E-state index is 0.0341. The number of alkyl halides is 4. The summed E-state index contributed by atoms with van der Waals surface area (Å²) in [6, 6.07) is 0. The summed E-state index contributed by atoms with van der Waals surface area (Å²) < 4.78 is 78.9. The molecule has 6 nitrogen and oxygen atoms in total. The summed E-state index contributed by atoms with van der Waals surface area (Å²) >= 11 is -4.01. The van der Waals surface area contributed by atoms with Crippen LogP contribution in [0.5, 0.6) is 0 Å². The SMILES string of the molecule is O=C1CCC(C(=O)OCCCC(F)(F)C(F)(F)S(=O)O)O1. The maximum Gasteiger partial charge on any atom is 0.406 e. The molecule has 2 atom stereocenters. The summed E-state index contributed by atoms with van der Waals surface area (Å²) in [6.45, 7) is -0.601. The fourth-order valence-corrected chi connectivity index (χ4v) is 1.88. The molecule has 0 aromatic carbocycles. The summed E-state index contributed by atoms with van der Waals surface area (Å²) in [5.74, 6) is -6.24. The van der Waals surface area contributed by atoms with Crippen LogP contribution < -0.4 is 0 Å². The molecular formula is C10H12F4O6S. The van der Waals surface area contributed by atoms with Crippen LogP contribution in [0, 0.1) is 0 Å². The minimum atomic E-state index is -5.09. The zero-order valence-electron chi connectivity index (χ0n) is 10.5. The third-order valence-corrected chi connectivity index (χ3v) is 3.41. The highest BCUT2D eigenvalue weighted by molar-refractivity contribution is 7.80. The van der Waals surface area contributed by atoms with Crippen molar-refractivity contribution in [2.75, 3.05) is 6.61 Å². The maximum atomic E-state index is 13.0. The third kappa shape index (κ3) is 4.37. The van der Waals surface area contributed by atoms with Gasteiger partial charge in [0.2, 0.25) is 11.1 Å². The Morgan fingerprint density at radius 3 is 2.52 bits per heavy atom. The van der Waals surface area contributed by atoms with Gasteiger partial charge in [0.25, 0.3) is 0 Å². The Bertz CT molecular complexity index is 441. The molecule has 0 aromatic heterocycles. The van der Waals surface area contributed by atoms with Gasteiger partial charge in [-0.05, 0) is 6.42 Å². The second-order valence-electron chi connectivity index (χ2n) is 4.26. The van der Waals surface area contributed by atoms with Crippen LogP contribution in [-0.2, 0) is 30.1 Å². The first-order valence-corrected chi connectivity index (χ1v) is 6.91. The van der Waals surface area contributed by atoms with E-state index in [0.29, 0.717) is 0 Å². The monoisotopic (exact) mass is 336 g/mol. The molecule has 0 radical (unpaired) electrons. The molecule has 1 aliphatic heterocycles. The molecule has 1 aliphatic rings. The second kappa shape index (κ2) is 6.69. The standard InChI is InChI=1S/C10H12F4O6S/c11-9(12,10(13,14)21(17)18)4-1-5-19-8(16)6-2-3-7(15)20-6/h6H,1-5H2,(H,17,18). The Kier molecular flexibility index (Phi) is 5.68. The normalized spacial score (nSPS) is 21.0. The van der Waals surface area contributed by atoms with Crippen molar-refractivity contribution in [3.63, 3.8) is 0 Å². The van der Waals surface area contributed by atoms with Crippen molar-refractivity contribution in [2.24, 2.45) is 0 Å². The van der Waals surface area contributed by atoms with Gasteiger partial charge in [-0.25, -0.2) is 9.00 Å². The molecule has 0 aliphatic carbocycles. The van der Waals surface area contributed by atoms with Gasteiger partial charge < -0.3 is 14.0 Å². The van der Waals surface area contributed by atoms with E-state index < -0.39 is 59.7 Å². The molecule has 2 unspecified atom stereocenters. The number of carbonyl (C=O) groups is 2. The van der Waals surface area contributed by atoms with Crippen LogP contribution in [0.25, 0.3) is 0 Å². The molecule has 0 aromatic rings. The maximum absolute atomic E-state index is 13.0. The second-order valence-corrected chi connectivity index (χ2v) is 5.27. The van der Waals surface area contributed by atoms with Gasteiger partial charge in [0.15, 0.2) is 6.10 Å². The van der Waals surface area contributed by atoms with E-state index in [1.54, 1.807) is 0 Å². The van der Waals surface area contributed by atoms with Crippen LogP contribution in [-0.4, -0.2) is 44.6 Å². The highest BCUT2D eigenvalue weighted by atomic mass is 32.2. The Labute approximate surface area is 119 Å². The van der Waals surface area contributed by atoms with Crippen molar-refractivity contribution in [1.29, 1.82) is 0 Å². The number of rotatable bonds is 7. The average molecular weight is 336 g/mol. The van der Waals surface area contributed by atoms with E-state index in [-0.39, 0.29) is 12.8 Å². The van der Waals surface area contributed by atoms with Crippen LogP contribution in [0.4, 0.5) is 17.6 Å². The third-order valence-electron chi connectivity index (χ3n) is 2.67. The van der Waals surface area contributed by atoms with Crippen molar-refractivity contribution in [2.45, 2.75) is 43.0 Å².